The summed E-state index contributed by atoms with van der Waals surface area (Å²) in [6.45, 7) is 3.77. The Morgan fingerprint density at radius 2 is 1.78 bits per heavy atom. The first-order valence-corrected chi connectivity index (χ1v) is 5.58. The van der Waals surface area contributed by atoms with Crippen molar-refractivity contribution in [2.45, 2.75) is 25.7 Å². The quantitative estimate of drug-likeness (QED) is 0.807. The maximum atomic E-state index is 11.3. The lowest BCUT2D eigenvalue weighted by molar-refractivity contribution is -0.149. The van der Waals surface area contributed by atoms with Crippen molar-refractivity contribution in [1.82, 2.24) is 0 Å². The Morgan fingerprint density at radius 3 is 2.17 bits per heavy atom. The van der Waals surface area contributed by atoms with Crippen LogP contribution in [0.5, 0.6) is 5.75 Å². The lowest BCUT2D eigenvalue weighted by Gasteiger charge is -2.23. The molecule has 0 aliphatic rings. The smallest absolute Gasteiger partial charge is 0.314 e. The van der Waals surface area contributed by atoms with Gasteiger partial charge in [-0.1, -0.05) is 12.1 Å². The van der Waals surface area contributed by atoms with Gasteiger partial charge in [-0.05, 0) is 31.5 Å². The Labute approximate surface area is 105 Å². The van der Waals surface area contributed by atoms with E-state index in [1.165, 1.54) is 6.92 Å². The average molecular weight is 252 g/mol. The van der Waals surface area contributed by atoms with Gasteiger partial charge in [-0.25, -0.2) is 0 Å². The number of carbonyl (C=O) groups is 2. The molecule has 0 radical (unpaired) electrons. The van der Waals surface area contributed by atoms with Gasteiger partial charge in [-0.15, -0.1) is 0 Å². The molecule has 0 bridgehead atoms. The van der Waals surface area contributed by atoms with Gasteiger partial charge in [0.25, 0.3) is 0 Å². The molecule has 1 atom stereocenters. The summed E-state index contributed by atoms with van der Waals surface area (Å²) >= 11 is 0. The molecule has 0 saturated heterocycles. The molecule has 0 aliphatic carbocycles. The fourth-order valence-corrected chi connectivity index (χ4v) is 1.69. The SMILES string of the molecule is CCOc1ccc([C@](C)(CC(=O)O)C(=O)O)cc1. The normalized spacial score (nSPS) is 13.7. The third kappa shape index (κ3) is 3.00. The molecule has 0 heterocycles. The van der Waals surface area contributed by atoms with E-state index in [9.17, 15) is 14.7 Å². The minimum Gasteiger partial charge on any atom is -0.494 e. The largest absolute Gasteiger partial charge is 0.494 e. The maximum absolute atomic E-state index is 11.3. The number of carboxylic acids is 2. The van der Waals surface area contributed by atoms with Crippen LogP contribution >= 0.6 is 0 Å². The zero-order chi connectivity index (χ0) is 13.8. The Hall–Kier alpha value is -2.04. The summed E-state index contributed by atoms with van der Waals surface area (Å²) in [4.78, 5) is 22.0. The lowest BCUT2D eigenvalue weighted by Crippen LogP contribution is -2.34. The number of rotatable bonds is 6. The molecule has 0 unspecified atom stereocenters. The lowest BCUT2D eigenvalue weighted by atomic mass is 9.79. The summed E-state index contributed by atoms with van der Waals surface area (Å²) in [6, 6.07) is 6.45. The zero-order valence-electron chi connectivity index (χ0n) is 10.3. The van der Waals surface area contributed by atoms with Crippen LogP contribution in [-0.4, -0.2) is 28.8 Å². The second-order valence-corrected chi connectivity index (χ2v) is 4.17. The minimum absolute atomic E-state index is 0.445. The Morgan fingerprint density at radius 1 is 1.22 bits per heavy atom. The van der Waals surface area contributed by atoms with E-state index in [0.29, 0.717) is 17.9 Å². The number of benzene rings is 1. The van der Waals surface area contributed by atoms with Crippen molar-refractivity contribution in [1.29, 1.82) is 0 Å². The van der Waals surface area contributed by atoms with Gasteiger partial charge in [0.1, 0.15) is 11.2 Å². The highest BCUT2D eigenvalue weighted by Gasteiger charge is 2.37. The van der Waals surface area contributed by atoms with Crippen LogP contribution in [0.25, 0.3) is 0 Å². The molecular formula is C13H16O5. The van der Waals surface area contributed by atoms with Crippen molar-refractivity contribution < 1.29 is 24.5 Å². The molecule has 0 spiro atoms. The van der Waals surface area contributed by atoms with Gasteiger partial charge in [0, 0.05) is 0 Å². The average Bonchev–Trinajstić information content (AvgIpc) is 2.29. The summed E-state index contributed by atoms with van der Waals surface area (Å²) in [5, 5.41) is 18.0. The molecule has 0 aromatic heterocycles. The summed E-state index contributed by atoms with van der Waals surface area (Å²) in [7, 11) is 0. The highest BCUT2D eigenvalue weighted by Crippen LogP contribution is 2.29. The first-order chi connectivity index (χ1) is 8.40. The molecule has 0 aliphatic heterocycles. The van der Waals surface area contributed by atoms with Crippen molar-refractivity contribution in [2.75, 3.05) is 6.61 Å². The van der Waals surface area contributed by atoms with Gasteiger partial charge >= 0.3 is 11.9 Å². The van der Waals surface area contributed by atoms with E-state index in [2.05, 4.69) is 0 Å². The van der Waals surface area contributed by atoms with Crippen molar-refractivity contribution in [3.63, 3.8) is 0 Å². The molecule has 2 N–H and O–H groups in total. The second-order valence-electron chi connectivity index (χ2n) is 4.17. The standard InChI is InChI=1S/C13H16O5/c1-3-18-10-6-4-9(5-7-10)13(2,12(16)17)8-11(14)15/h4-7H,3,8H2,1-2H3,(H,14,15)(H,16,17)/t13-/m0/s1. The van der Waals surface area contributed by atoms with Crippen LogP contribution in [-0.2, 0) is 15.0 Å². The zero-order valence-corrected chi connectivity index (χ0v) is 10.3. The van der Waals surface area contributed by atoms with Crippen molar-refractivity contribution >= 4 is 11.9 Å². The molecule has 1 aromatic carbocycles. The van der Waals surface area contributed by atoms with Crippen LogP contribution in [0.3, 0.4) is 0 Å². The molecule has 1 rings (SSSR count). The maximum Gasteiger partial charge on any atom is 0.314 e. The van der Waals surface area contributed by atoms with Crippen LogP contribution in [0.4, 0.5) is 0 Å². The molecule has 0 saturated carbocycles. The van der Waals surface area contributed by atoms with E-state index in [1.807, 2.05) is 6.92 Å². The van der Waals surface area contributed by atoms with E-state index in [-0.39, 0.29) is 0 Å². The summed E-state index contributed by atoms with van der Waals surface area (Å²) < 4.78 is 5.25. The molecule has 5 heteroatoms. The summed E-state index contributed by atoms with van der Waals surface area (Å²) in [6.07, 6.45) is -0.462. The van der Waals surface area contributed by atoms with Crippen LogP contribution < -0.4 is 4.74 Å². The Balaban J connectivity index is 3.06. The van der Waals surface area contributed by atoms with Crippen LogP contribution in [0.15, 0.2) is 24.3 Å². The second kappa shape index (κ2) is 5.53. The van der Waals surface area contributed by atoms with E-state index >= 15 is 0 Å². The summed E-state index contributed by atoms with van der Waals surface area (Å²) in [5.74, 6) is -1.67. The minimum atomic E-state index is -1.43. The third-order valence-electron chi connectivity index (χ3n) is 2.78. The highest BCUT2D eigenvalue weighted by atomic mass is 16.5. The topological polar surface area (TPSA) is 83.8 Å². The molecule has 18 heavy (non-hydrogen) atoms. The molecule has 0 fully saturated rings. The number of hydrogen-bond donors (Lipinski definition) is 2. The number of ether oxygens (including phenoxy) is 1. The Bertz CT molecular complexity index is 437. The van der Waals surface area contributed by atoms with Gasteiger partial charge in [0.05, 0.1) is 13.0 Å². The fourth-order valence-electron chi connectivity index (χ4n) is 1.69. The highest BCUT2D eigenvalue weighted by molar-refractivity contribution is 5.86. The van der Waals surface area contributed by atoms with Gasteiger partial charge in [-0.2, -0.15) is 0 Å². The van der Waals surface area contributed by atoms with Crippen LogP contribution in [0, 0.1) is 0 Å². The van der Waals surface area contributed by atoms with Crippen molar-refractivity contribution in [3.05, 3.63) is 29.8 Å². The van der Waals surface area contributed by atoms with E-state index in [0.717, 1.165) is 0 Å². The van der Waals surface area contributed by atoms with Crippen molar-refractivity contribution in [3.8, 4) is 5.75 Å². The summed E-state index contributed by atoms with van der Waals surface area (Å²) in [5.41, 5.74) is -0.989. The van der Waals surface area contributed by atoms with Gasteiger partial charge in [0.2, 0.25) is 0 Å². The van der Waals surface area contributed by atoms with E-state index < -0.39 is 23.8 Å². The number of carboxylic acid groups (broad SMARTS) is 2. The Kier molecular flexibility index (Phi) is 4.31. The molecule has 5 nitrogen and oxygen atoms in total. The first-order valence-electron chi connectivity index (χ1n) is 5.58. The van der Waals surface area contributed by atoms with Crippen LogP contribution in [0.1, 0.15) is 25.8 Å². The van der Waals surface area contributed by atoms with E-state index in [4.69, 9.17) is 9.84 Å². The van der Waals surface area contributed by atoms with Crippen molar-refractivity contribution in [2.24, 2.45) is 0 Å². The molecular weight excluding hydrogens is 236 g/mol. The predicted octanol–water partition coefficient (Wildman–Crippen LogP) is 1.90. The van der Waals surface area contributed by atoms with Gasteiger partial charge in [-0.3, -0.25) is 9.59 Å². The van der Waals surface area contributed by atoms with Crippen LogP contribution in [0.2, 0.25) is 0 Å². The molecule has 1 aromatic rings. The van der Waals surface area contributed by atoms with Gasteiger partial charge < -0.3 is 14.9 Å². The predicted molar refractivity (Wildman–Crippen MR) is 64.9 cm³/mol. The molecule has 98 valence electrons. The monoisotopic (exact) mass is 252 g/mol. The van der Waals surface area contributed by atoms with Gasteiger partial charge in [0.15, 0.2) is 0 Å². The first kappa shape index (κ1) is 14.0. The number of aliphatic carboxylic acids is 2. The fraction of sp³-hybridized carbons (Fsp3) is 0.385. The third-order valence-corrected chi connectivity index (χ3v) is 2.78. The molecule has 0 amide bonds. The van der Waals surface area contributed by atoms with E-state index in [1.54, 1.807) is 24.3 Å². The number of hydrogen-bond acceptors (Lipinski definition) is 3.